The first-order valence-electron chi connectivity index (χ1n) is 6.31. The molecule has 96 valence electrons. The Morgan fingerprint density at radius 2 is 2.12 bits per heavy atom. The lowest BCUT2D eigenvalue weighted by atomic mass is 10.1. The van der Waals surface area contributed by atoms with Crippen LogP contribution in [0.25, 0.3) is 0 Å². The number of hydrogen-bond acceptors (Lipinski definition) is 2. The zero-order valence-electron chi connectivity index (χ0n) is 10.9. The summed E-state index contributed by atoms with van der Waals surface area (Å²) in [7, 11) is 1.47. The first kappa shape index (κ1) is 13.8. The van der Waals surface area contributed by atoms with Gasteiger partial charge in [0.2, 0.25) is 0 Å². The minimum atomic E-state index is -0.317. The fourth-order valence-electron chi connectivity index (χ4n) is 1.82. The van der Waals surface area contributed by atoms with Gasteiger partial charge in [0.25, 0.3) is 0 Å². The van der Waals surface area contributed by atoms with E-state index in [0.717, 1.165) is 18.5 Å². The first-order valence-corrected chi connectivity index (χ1v) is 6.31. The molecule has 0 aliphatic rings. The number of nitrogens with one attached hydrogen (secondary N) is 1. The van der Waals surface area contributed by atoms with Crippen LogP contribution in [0.3, 0.4) is 0 Å². The minimum absolute atomic E-state index is 0.289. The summed E-state index contributed by atoms with van der Waals surface area (Å²) in [5.41, 5.74) is 0.825. The average Bonchev–Trinajstić information content (AvgIpc) is 2.34. The van der Waals surface area contributed by atoms with Crippen LogP contribution in [0.15, 0.2) is 18.2 Å². The highest BCUT2D eigenvalue weighted by Crippen LogP contribution is 2.22. The number of ether oxygens (including phenoxy) is 1. The van der Waals surface area contributed by atoms with Crippen LogP contribution in [0.5, 0.6) is 5.75 Å². The predicted octanol–water partition coefficient (Wildman–Crippen LogP) is 4.22. The lowest BCUT2D eigenvalue weighted by Crippen LogP contribution is -2.18. The molecule has 0 amide bonds. The SMILES string of the molecule is CCCCC(CC)Nc1ccc(OC)c(F)c1. The van der Waals surface area contributed by atoms with Gasteiger partial charge >= 0.3 is 0 Å². The van der Waals surface area contributed by atoms with Crippen molar-refractivity contribution >= 4 is 5.69 Å². The van der Waals surface area contributed by atoms with Crippen molar-refractivity contribution in [1.82, 2.24) is 0 Å². The van der Waals surface area contributed by atoms with E-state index < -0.39 is 0 Å². The maximum atomic E-state index is 13.5. The van der Waals surface area contributed by atoms with Crippen molar-refractivity contribution in [3.05, 3.63) is 24.0 Å². The Hall–Kier alpha value is -1.25. The maximum absolute atomic E-state index is 13.5. The predicted molar refractivity (Wildman–Crippen MR) is 70.2 cm³/mol. The third-order valence-corrected chi connectivity index (χ3v) is 2.92. The van der Waals surface area contributed by atoms with E-state index in [1.54, 1.807) is 6.07 Å². The standard InChI is InChI=1S/C14H22FNO/c1-4-6-7-11(5-2)16-12-8-9-14(17-3)13(15)10-12/h8-11,16H,4-7H2,1-3H3. The number of anilines is 1. The van der Waals surface area contributed by atoms with Crippen LogP contribution < -0.4 is 10.1 Å². The second kappa shape index (κ2) is 7.15. The molecular formula is C14H22FNO. The Kier molecular flexibility index (Phi) is 5.81. The van der Waals surface area contributed by atoms with Gasteiger partial charge in [-0.15, -0.1) is 0 Å². The molecule has 0 aliphatic carbocycles. The summed E-state index contributed by atoms with van der Waals surface area (Å²) in [6.07, 6.45) is 4.56. The quantitative estimate of drug-likeness (QED) is 0.769. The van der Waals surface area contributed by atoms with E-state index in [0.29, 0.717) is 6.04 Å². The molecule has 0 aromatic heterocycles. The lowest BCUT2D eigenvalue weighted by Gasteiger charge is -2.18. The molecule has 0 bridgehead atoms. The molecule has 17 heavy (non-hydrogen) atoms. The second-order valence-electron chi connectivity index (χ2n) is 4.24. The van der Waals surface area contributed by atoms with Crippen molar-refractivity contribution in [2.45, 2.75) is 45.6 Å². The van der Waals surface area contributed by atoms with Gasteiger partial charge in [-0.2, -0.15) is 0 Å². The van der Waals surface area contributed by atoms with Crippen LogP contribution >= 0.6 is 0 Å². The molecule has 1 rings (SSSR count). The van der Waals surface area contributed by atoms with Crippen LogP contribution in [0.1, 0.15) is 39.5 Å². The van der Waals surface area contributed by atoms with Gasteiger partial charge in [-0.3, -0.25) is 0 Å². The van der Waals surface area contributed by atoms with Crippen molar-refractivity contribution in [3.63, 3.8) is 0 Å². The van der Waals surface area contributed by atoms with Crippen LogP contribution in [-0.4, -0.2) is 13.2 Å². The normalized spacial score (nSPS) is 12.2. The largest absolute Gasteiger partial charge is 0.494 e. The van der Waals surface area contributed by atoms with E-state index in [1.807, 2.05) is 6.07 Å². The van der Waals surface area contributed by atoms with Crippen molar-refractivity contribution in [3.8, 4) is 5.75 Å². The molecule has 0 heterocycles. The van der Waals surface area contributed by atoms with Crippen LogP contribution in [0, 0.1) is 5.82 Å². The molecule has 1 atom stereocenters. The van der Waals surface area contributed by atoms with E-state index in [1.165, 1.54) is 26.0 Å². The van der Waals surface area contributed by atoms with Gasteiger partial charge in [-0.25, -0.2) is 4.39 Å². The molecule has 0 fully saturated rings. The van der Waals surface area contributed by atoms with Gasteiger partial charge in [0.1, 0.15) is 0 Å². The lowest BCUT2D eigenvalue weighted by molar-refractivity contribution is 0.386. The molecule has 1 unspecified atom stereocenters. The molecular weight excluding hydrogens is 217 g/mol. The van der Waals surface area contributed by atoms with Crippen LogP contribution in [0.4, 0.5) is 10.1 Å². The fraction of sp³-hybridized carbons (Fsp3) is 0.571. The molecule has 2 nitrogen and oxygen atoms in total. The highest BCUT2D eigenvalue weighted by Gasteiger charge is 2.08. The van der Waals surface area contributed by atoms with Gasteiger partial charge in [0, 0.05) is 17.8 Å². The molecule has 0 saturated carbocycles. The van der Waals surface area contributed by atoms with E-state index in [4.69, 9.17) is 4.74 Å². The van der Waals surface area contributed by atoms with E-state index >= 15 is 0 Å². The first-order chi connectivity index (χ1) is 8.21. The van der Waals surface area contributed by atoms with E-state index in [2.05, 4.69) is 19.2 Å². The molecule has 1 aromatic rings. The van der Waals surface area contributed by atoms with E-state index in [-0.39, 0.29) is 11.6 Å². The number of benzene rings is 1. The van der Waals surface area contributed by atoms with Gasteiger partial charge in [-0.05, 0) is 25.0 Å². The third-order valence-electron chi connectivity index (χ3n) is 2.92. The summed E-state index contributed by atoms with van der Waals surface area (Å²) < 4.78 is 18.4. The Balaban J connectivity index is 2.63. The molecule has 1 N–H and O–H groups in total. The van der Waals surface area contributed by atoms with Gasteiger partial charge in [-0.1, -0.05) is 26.7 Å². The van der Waals surface area contributed by atoms with Crippen molar-refractivity contribution in [2.24, 2.45) is 0 Å². The Morgan fingerprint density at radius 3 is 2.65 bits per heavy atom. The summed E-state index contributed by atoms with van der Waals surface area (Å²) in [6, 6.07) is 5.43. The molecule has 0 spiro atoms. The average molecular weight is 239 g/mol. The summed E-state index contributed by atoms with van der Waals surface area (Å²) in [4.78, 5) is 0. The van der Waals surface area contributed by atoms with Gasteiger partial charge < -0.3 is 10.1 Å². The summed E-state index contributed by atoms with van der Waals surface area (Å²) in [6.45, 7) is 4.33. The van der Waals surface area contributed by atoms with Crippen LogP contribution in [0.2, 0.25) is 0 Å². The number of halogens is 1. The van der Waals surface area contributed by atoms with Crippen molar-refractivity contribution < 1.29 is 9.13 Å². The summed E-state index contributed by atoms with van der Waals surface area (Å²) in [5, 5.41) is 3.36. The summed E-state index contributed by atoms with van der Waals surface area (Å²) in [5.74, 6) is -0.0278. The number of rotatable bonds is 7. The minimum Gasteiger partial charge on any atom is -0.494 e. The second-order valence-corrected chi connectivity index (χ2v) is 4.24. The zero-order valence-corrected chi connectivity index (χ0v) is 10.9. The smallest absolute Gasteiger partial charge is 0.167 e. The molecule has 0 saturated heterocycles. The zero-order chi connectivity index (χ0) is 12.7. The van der Waals surface area contributed by atoms with Crippen LogP contribution in [-0.2, 0) is 0 Å². The van der Waals surface area contributed by atoms with Crippen molar-refractivity contribution in [1.29, 1.82) is 0 Å². The monoisotopic (exact) mass is 239 g/mol. The van der Waals surface area contributed by atoms with Gasteiger partial charge in [0.05, 0.1) is 7.11 Å². The highest BCUT2D eigenvalue weighted by atomic mass is 19.1. The number of methoxy groups -OCH3 is 1. The highest BCUT2D eigenvalue weighted by molar-refractivity contribution is 5.47. The topological polar surface area (TPSA) is 21.3 Å². The Bertz CT molecular complexity index is 341. The van der Waals surface area contributed by atoms with Crippen molar-refractivity contribution in [2.75, 3.05) is 12.4 Å². The summed E-state index contributed by atoms with van der Waals surface area (Å²) >= 11 is 0. The number of unbranched alkanes of at least 4 members (excludes halogenated alkanes) is 1. The Morgan fingerprint density at radius 1 is 1.35 bits per heavy atom. The molecule has 0 aliphatic heterocycles. The maximum Gasteiger partial charge on any atom is 0.167 e. The Labute approximate surface area is 103 Å². The molecule has 3 heteroatoms. The fourth-order valence-corrected chi connectivity index (χ4v) is 1.82. The van der Waals surface area contributed by atoms with E-state index in [9.17, 15) is 4.39 Å². The molecule has 1 aromatic carbocycles. The third kappa shape index (κ3) is 4.25. The van der Waals surface area contributed by atoms with Gasteiger partial charge in [0.15, 0.2) is 11.6 Å². The number of hydrogen-bond donors (Lipinski definition) is 1. The molecule has 0 radical (unpaired) electrons.